The number of aliphatic hydroxyl groups excluding tert-OH is 2. The van der Waals surface area contributed by atoms with Crippen LogP contribution in [0.2, 0.25) is 0 Å². The Kier molecular flexibility index (Phi) is 4.81. The van der Waals surface area contributed by atoms with Crippen molar-refractivity contribution >= 4 is 11.8 Å². The maximum atomic E-state index is 8.96. The maximum Gasteiger partial charge on any atom is 0.0681 e. The highest BCUT2D eigenvalue weighted by molar-refractivity contribution is 7.98. The predicted molar refractivity (Wildman–Crippen MR) is 74.3 cm³/mol. The molecule has 2 rings (SSSR count). The fourth-order valence-electron chi connectivity index (χ4n) is 1.60. The molecule has 0 atom stereocenters. The third kappa shape index (κ3) is 3.60. The number of benzene rings is 2. The molecule has 94 valence electrons. The zero-order valence-electron chi connectivity index (χ0n) is 10.0. The zero-order valence-corrected chi connectivity index (χ0v) is 10.9. The Morgan fingerprint density at radius 3 is 1.61 bits per heavy atom. The van der Waals surface area contributed by atoms with Gasteiger partial charge >= 0.3 is 0 Å². The molecule has 0 bridgehead atoms. The first kappa shape index (κ1) is 13.1. The van der Waals surface area contributed by atoms with Crippen molar-refractivity contribution in [3.8, 4) is 0 Å². The van der Waals surface area contributed by atoms with Crippen molar-refractivity contribution in [2.24, 2.45) is 0 Å². The molecule has 0 saturated heterocycles. The van der Waals surface area contributed by atoms with Crippen molar-refractivity contribution < 1.29 is 10.2 Å². The maximum absolute atomic E-state index is 8.96. The largest absolute Gasteiger partial charge is 0.392 e. The van der Waals surface area contributed by atoms with Gasteiger partial charge in [-0.15, -0.1) is 11.8 Å². The summed E-state index contributed by atoms with van der Waals surface area (Å²) < 4.78 is 0. The molecule has 18 heavy (non-hydrogen) atoms. The van der Waals surface area contributed by atoms with E-state index >= 15 is 0 Å². The van der Waals surface area contributed by atoms with Gasteiger partial charge in [-0.3, -0.25) is 0 Å². The molecule has 2 aromatic rings. The smallest absolute Gasteiger partial charge is 0.0681 e. The SMILES string of the molecule is OCc1ccc(CSc2ccc(CO)cc2)cc1. The number of hydrogen-bond acceptors (Lipinski definition) is 3. The molecule has 0 saturated carbocycles. The third-order valence-electron chi connectivity index (χ3n) is 2.72. The summed E-state index contributed by atoms with van der Waals surface area (Å²) >= 11 is 1.76. The predicted octanol–water partition coefficient (Wildman–Crippen LogP) is 2.96. The molecular formula is C15H16O2S. The van der Waals surface area contributed by atoms with Crippen molar-refractivity contribution in [1.82, 2.24) is 0 Å². The second kappa shape index (κ2) is 6.59. The van der Waals surface area contributed by atoms with Crippen LogP contribution >= 0.6 is 11.8 Å². The van der Waals surface area contributed by atoms with Crippen molar-refractivity contribution in [3.63, 3.8) is 0 Å². The van der Waals surface area contributed by atoms with E-state index in [-0.39, 0.29) is 13.2 Å². The average Bonchev–Trinajstić information content (AvgIpc) is 2.46. The second-order valence-corrected chi connectivity index (χ2v) is 5.11. The number of thioether (sulfide) groups is 1. The van der Waals surface area contributed by atoms with Crippen LogP contribution in [-0.4, -0.2) is 10.2 Å². The molecule has 2 N–H and O–H groups in total. The molecule has 0 spiro atoms. The lowest BCUT2D eigenvalue weighted by Gasteiger charge is -2.04. The monoisotopic (exact) mass is 260 g/mol. The zero-order chi connectivity index (χ0) is 12.8. The van der Waals surface area contributed by atoms with Crippen molar-refractivity contribution in [2.75, 3.05) is 0 Å². The van der Waals surface area contributed by atoms with Gasteiger partial charge in [0.05, 0.1) is 13.2 Å². The normalized spacial score (nSPS) is 10.6. The molecule has 0 unspecified atom stereocenters. The lowest BCUT2D eigenvalue weighted by molar-refractivity contribution is 0.281. The Hall–Kier alpha value is -1.29. The van der Waals surface area contributed by atoms with Gasteiger partial charge in [0.25, 0.3) is 0 Å². The lowest BCUT2D eigenvalue weighted by atomic mass is 10.2. The van der Waals surface area contributed by atoms with Gasteiger partial charge in [0.2, 0.25) is 0 Å². The molecule has 0 heterocycles. The molecule has 2 aromatic carbocycles. The summed E-state index contributed by atoms with van der Waals surface area (Å²) in [6.45, 7) is 0.184. The van der Waals surface area contributed by atoms with Crippen LogP contribution in [0.3, 0.4) is 0 Å². The Labute approximate surface area is 111 Å². The van der Waals surface area contributed by atoms with E-state index in [9.17, 15) is 0 Å². The lowest BCUT2D eigenvalue weighted by Crippen LogP contribution is -1.85. The minimum absolute atomic E-state index is 0.0908. The third-order valence-corrected chi connectivity index (χ3v) is 3.80. The Morgan fingerprint density at radius 2 is 1.11 bits per heavy atom. The first-order valence-corrected chi connectivity index (χ1v) is 6.81. The summed E-state index contributed by atoms with van der Waals surface area (Å²) in [6, 6.07) is 15.9. The molecule has 0 aromatic heterocycles. The fourth-order valence-corrected chi connectivity index (χ4v) is 2.45. The van der Waals surface area contributed by atoms with Crippen LogP contribution in [0.15, 0.2) is 53.4 Å². The summed E-state index contributed by atoms with van der Waals surface area (Å²) in [4.78, 5) is 1.19. The van der Waals surface area contributed by atoms with Gasteiger partial charge in [0.1, 0.15) is 0 Å². The van der Waals surface area contributed by atoms with Crippen molar-refractivity contribution in [3.05, 3.63) is 65.2 Å². The fraction of sp³-hybridized carbons (Fsp3) is 0.200. The van der Waals surface area contributed by atoms with Gasteiger partial charge in [0.15, 0.2) is 0 Å². The molecule has 0 fully saturated rings. The van der Waals surface area contributed by atoms with E-state index in [2.05, 4.69) is 0 Å². The van der Waals surface area contributed by atoms with E-state index in [4.69, 9.17) is 10.2 Å². The van der Waals surface area contributed by atoms with E-state index in [1.54, 1.807) is 11.8 Å². The van der Waals surface area contributed by atoms with Crippen molar-refractivity contribution in [1.29, 1.82) is 0 Å². The molecule has 2 nitrogen and oxygen atoms in total. The first-order chi connectivity index (χ1) is 8.81. The summed E-state index contributed by atoms with van der Waals surface area (Å²) in [5, 5.41) is 17.9. The number of aliphatic hydroxyl groups is 2. The van der Waals surface area contributed by atoms with E-state index < -0.39 is 0 Å². The van der Waals surface area contributed by atoms with Gasteiger partial charge in [-0.05, 0) is 28.8 Å². The molecule has 0 amide bonds. The molecule has 0 aliphatic rings. The summed E-state index contributed by atoms with van der Waals surface area (Å²) in [7, 11) is 0. The minimum Gasteiger partial charge on any atom is -0.392 e. The molecule has 0 aliphatic heterocycles. The van der Waals surface area contributed by atoms with Crippen LogP contribution in [0.1, 0.15) is 16.7 Å². The van der Waals surface area contributed by atoms with Gasteiger partial charge in [-0.25, -0.2) is 0 Å². The van der Waals surface area contributed by atoms with Crippen LogP contribution in [0.5, 0.6) is 0 Å². The van der Waals surface area contributed by atoms with E-state index in [1.807, 2.05) is 48.5 Å². The van der Waals surface area contributed by atoms with E-state index in [1.165, 1.54) is 10.5 Å². The Bertz CT molecular complexity index is 429. The minimum atomic E-state index is 0.0908. The second-order valence-electron chi connectivity index (χ2n) is 4.07. The standard InChI is InChI=1S/C15H16O2S/c16-9-12-1-3-14(4-2-12)11-18-15-7-5-13(10-17)6-8-15/h1-8,16-17H,9-11H2. The van der Waals surface area contributed by atoms with E-state index in [0.717, 1.165) is 16.9 Å². The topological polar surface area (TPSA) is 40.5 Å². The molecule has 3 heteroatoms. The Balaban J connectivity index is 1.93. The number of hydrogen-bond donors (Lipinski definition) is 2. The Morgan fingerprint density at radius 1 is 0.667 bits per heavy atom. The van der Waals surface area contributed by atoms with Gasteiger partial charge in [0, 0.05) is 10.6 Å². The molecular weight excluding hydrogens is 244 g/mol. The quantitative estimate of drug-likeness (QED) is 0.812. The summed E-state index contributed by atoms with van der Waals surface area (Å²) in [5.74, 6) is 0.907. The highest BCUT2D eigenvalue weighted by Crippen LogP contribution is 2.23. The highest BCUT2D eigenvalue weighted by Gasteiger charge is 1.98. The summed E-state index contributed by atoms with van der Waals surface area (Å²) in [6.07, 6.45) is 0. The van der Waals surface area contributed by atoms with Gasteiger partial charge in [-0.1, -0.05) is 36.4 Å². The summed E-state index contributed by atoms with van der Waals surface area (Å²) in [5.41, 5.74) is 3.12. The first-order valence-electron chi connectivity index (χ1n) is 5.83. The highest BCUT2D eigenvalue weighted by atomic mass is 32.2. The molecule has 0 radical (unpaired) electrons. The van der Waals surface area contributed by atoms with E-state index in [0.29, 0.717) is 0 Å². The molecule has 0 aliphatic carbocycles. The van der Waals surface area contributed by atoms with Crippen LogP contribution in [-0.2, 0) is 19.0 Å². The van der Waals surface area contributed by atoms with Crippen LogP contribution in [0, 0.1) is 0 Å². The van der Waals surface area contributed by atoms with Gasteiger partial charge in [-0.2, -0.15) is 0 Å². The van der Waals surface area contributed by atoms with Crippen LogP contribution < -0.4 is 0 Å². The number of rotatable bonds is 5. The van der Waals surface area contributed by atoms with Gasteiger partial charge < -0.3 is 10.2 Å². The van der Waals surface area contributed by atoms with Crippen LogP contribution in [0.25, 0.3) is 0 Å². The van der Waals surface area contributed by atoms with Crippen molar-refractivity contribution in [2.45, 2.75) is 23.9 Å². The average molecular weight is 260 g/mol. The van der Waals surface area contributed by atoms with Crippen LogP contribution in [0.4, 0.5) is 0 Å².